The first-order chi connectivity index (χ1) is 10.1. The van der Waals surface area contributed by atoms with E-state index in [2.05, 4.69) is 18.3 Å². The number of nitriles is 1. The molecule has 4 heteroatoms. The molecule has 116 valence electrons. The van der Waals surface area contributed by atoms with Crippen LogP contribution in [-0.4, -0.2) is 18.7 Å². The second-order valence-corrected chi connectivity index (χ2v) is 5.34. The van der Waals surface area contributed by atoms with Crippen LogP contribution in [0.4, 0.5) is 4.39 Å². The maximum atomic E-state index is 13.4. The fourth-order valence-corrected chi connectivity index (χ4v) is 2.16. The zero-order valence-electron chi connectivity index (χ0n) is 13.2. The Kier molecular flexibility index (Phi) is 7.18. The first-order valence-corrected chi connectivity index (χ1v) is 7.62. The number of halogens is 1. The van der Waals surface area contributed by atoms with Gasteiger partial charge in [0, 0.05) is 6.07 Å². The van der Waals surface area contributed by atoms with Gasteiger partial charge in [0.2, 0.25) is 0 Å². The van der Waals surface area contributed by atoms with Crippen LogP contribution in [0.1, 0.15) is 45.1 Å². The minimum absolute atomic E-state index is 0.253. The second-order valence-electron chi connectivity index (χ2n) is 5.34. The summed E-state index contributed by atoms with van der Waals surface area (Å²) >= 11 is 0. The number of aryl methyl sites for hydroxylation is 1. The van der Waals surface area contributed by atoms with E-state index in [4.69, 9.17) is 4.74 Å². The molecule has 0 bridgehead atoms. The molecular formula is C17H25FN2O. The molecule has 1 N–H and O–H groups in total. The third-order valence-electron chi connectivity index (χ3n) is 3.69. The highest BCUT2D eigenvalue weighted by atomic mass is 19.1. The molecule has 0 fully saturated rings. The van der Waals surface area contributed by atoms with Crippen LogP contribution < -0.4 is 10.1 Å². The maximum absolute atomic E-state index is 13.4. The predicted octanol–water partition coefficient (Wildman–Crippen LogP) is 3.97. The Morgan fingerprint density at radius 1 is 1.38 bits per heavy atom. The van der Waals surface area contributed by atoms with E-state index in [-0.39, 0.29) is 5.82 Å². The average molecular weight is 292 g/mol. The third-order valence-corrected chi connectivity index (χ3v) is 3.69. The van der Waals surface area contributed by atoms with Gasteiger partial charge in [0.1, 0.15) is 17.1 Å². The van der Waals surface area contributed by atoms with Crippen molar-refractivity contribution >= 4 is 0 Å². The molecule has 1 unspecified atom stereocenters. The van der Waals surface area contributed by atoms with E-state index in [0.717, 1.165) is 32.2 Å². The quantitative estimate of drug-likeness (QED) is 0.701. The molecule has 1 aromatic carbocycles. The van der Waals surface area contributed by atoms with Crippen molar-refractivity contribution in [1.82, 2.24) is 5.32 Å². The number of nitrogens with zero attached hydrogens (tertiary/aromatic N) is 1. The van der Waals surface area contributed by atoms with Crippen molar-refractivity contribution in [2.45, 2.75) is 52.0 Å². The lowest BCUT2D eigenvalue weighted by atomic mass is 9.92. The second kappa shape index (κ2) is 8.63. The fourth-order valence-electron chi connectivity index (χ4n) is 2.16. The number of ether oxygens (including phenoxy) is 1. The summed E-state index contributed by atoms with van der Waals surface area (Å²) in [5.41, 5.74) is 0.137. The van der Waals surface area contributed by atoms with E-state index in [1.165, 1.54) is 6.07 Å². The summed E-state index contributed by atoms with van der Waals surface area (Å²) in [4.78, 5) is 0. The Hall–Kier alpha value is -1.60. The summed E-state index contributed by atoms with van der Waals surface area (Å²) in [6.07, 6.45) is 3.26. The minimum atomic E-state index is -0.474. The summed E-state index contributed by atoms with van der Waals surface area (Å²) in [5, 5.41) is 12.7. The molecule has 0 aliphatic rings. The Morgan fingerprint density at radius 2 is 2.14 bits per heavy atom. The molecule has 1 atom stereocenters. The van der Waals surface area contributed by atoms with Gasteiger partial charge in [-0.2, -0.15) is 5.26 Å². The monoisotopic (exact) mass is 292 g/mol. The van der Waals surface area contributed by atoms with Crippen LogP contribution in [0.2, 0.25) is 0 Å². The van der Waals surface area contributed by atoms with E-state index in [0.29, 0.717) is 17.9 Å². The van der Waals surface area contributed by atoms with Gasteiger partial charge in [-0.3, -0.25) is 5.32 Å². The Morgan fingerprint density at radius 3 is 2.71 bits per heavy atom. The van der Waals surface area contributed by atoms with E-state index in [1.807, 2.05) is 6.92 Å². The number of hydrogen-bond acceptors (Lipinski definition) is 3. The highest BCUT2D eigenvalue weighted by Crippen LogP contribution is 2.19. The SMILES string of the molecule is CCCNC(C#N)(CC)CCCOc1ccc(C)c(F)c1. The molecular weight excluding hydrogens is 267 g/mol. The molecule has 0 saturated carbocycles. The summed E-state index contributed by atoms with van der Waals surface area (Å²) in [7, 11) is 0. The number of hydrogen-bond donors (Lipinski definition) is 1. The standard InChI is InChI=1S/C17H25FN2O/c1-4-10-20-17(5-2,13-19)9-6-11-21-15-8-7-14(3)16(18)12-15/h7-8,12,20H,4-6,9-11H2,1-3H3. The van der Waals surface area contributed by atoms with E-state index >= 15 is 0 Å². The van der Waals surface area contributed by atoms with Gasteiger partial charge in [-0.25, -0.2) is 4.39 Å². The van der Waals surface area contributed by atoms with Crippen LogP contribution >= 0.6 is 0 Å². The molecule has 0 radical (unpaired) electrons. The normalized spacial score (nSPS) is 13.5. The zero-order valence-corrected chi connectivity index (χ0v) is 13.2. The fraction of sp³-hybridized carbons (Fsp3) is 0.588. The Balaban J connectivity index is 2.44. The number of nitrogens with one attached hydrogen (secondary N) is 1. The number of rotatable bonds is 9. The molecule has 0 heterocycles. The number of benzene rings is 1. The highest BCUT2D eigenvalue weighted by molar-refractivity contribution is 5.27. The van der Waals surface area contributed by atoms with Crippen LogP contribution in [0.25, 0.3) is 0 Å². The van der Waals surface area contributed by atoms with Gasteiger partial charge in [-0.05, 0) is 50.8 Å². The van der Waals surface area contributed by atoms with Gasteiger partial charge >= 0.3 is 0 Å². The van der Waals surface area contributed by atoms with Crippen molar-refractivity contribution in [2.75, 3.05) is 13.2 Å². The van der Waals surface area contributed by atoms with E-state index in [1.54, 1.807) is 19.1 Å². The lowest BCUT2D eigenvalue weighted by Crippen LogP contribution is -2.44. The first kappa shape index (κ1) is 17.5. The van der Waals surface area contributed by atoms with Crippen LogP contribution in [0.3, 0.4) is 0 Å². The summed E-state index contributed by atoms with van der Waals surface area (Å²) in [5.74, 6) is 0.288. The van der Waals surface area contributed by atoms with Crippen molar-refractivity contribution in [3.63, 3.8) is 0 Å². The van der Waals surface area contributed by atoms with E-state index in [9.17, 15) is 9.65 Å². The zero-order chi connectivity index (χ0) is 15.7. The van der Waals surface area contributed by atoms with Gasteiger partial charge in [0.25, 0.3) is 0 Å². The van der Waals surface area contributed by atoms with Crippen LogP contribution in [-0.2, 0) is 0 Å². The summed E-state index contributed by atoms with van der Waals surface area (Å²) in [6, 6.07) is 7.27. The summed E-state index contributed by atoms with van der Waals surface area (Å²) in [6.45, 7) is 7.15. The Bertz CT molecular complexity index is 484. The molecule has 3 nitrogen and oxygen atoms in total. The van der Waals surface area contributed by atoms with Gasteiger partial charge in [-0.15, -0.1) is 0 Å². The van der Waals surface area contributed by atoms with Crippen molar-refractivity contribution in [3.8, 4) is 11.8 Å². The predicted molar refractivity (Wildman–Crippen MR) is 82.8 cm³/mol. The minimum Gasteiger partial charge on any atom is -0.493 e. The molecule has 0 spiro atoms. The molecule has 0 saturated heterocycles. The molecule has 1 rings (SSSR count). The van der Waals surface area contributed by atoms with Gasteiger partial charge < -0.3 is 4.74 Å². The molecule has 0 aliphatic carbocycles. The van der Waals surface area contributed by atoms with Gasteiger partial charge in [0.05, 0.1) is 12.7 Å². The van der Waals surface area contributed by atoms with Gasteiger partial charge in [-0.1, -0.05) is 19.9 Å². The molecule has 0 amide bonds. The molecule has 21 heavy (non-hydrogen) atoms. The molecule has 1 aromatic rings. The Labute approximate surface area is 127 Å². The first-order valence-electron chi connectivity index (χ1n) is 7.62. The lowest BCUT2D eigenvalue weighted by molar-refractivity contribution is 0.275. The third kappa shape index (κ3) is 5.35. The smallest absolute Gasteiger partial charge is 0.129 e. The van der Waals surface area contributed by atoms with Crippen LogP contribution in [0, 0.1) is 24.1 Å². The van der Waals surface area contributed by atoms with E-state index < -0.39 is 5.54 Å². The largest absolute Gasteiger partial charge is 0.493 e. The molecule has 0 aliphatic heterocycles. The average Bonchev–Trinajstić information content (AvgIpc) is 2.50. The van der Waals surface area contributed by atoms with Crippen molar-refractivity contribution < 1.29 is 9.13 Å². The van der Waals surface area contributed by atoms with Crippen molar-refractivity contribution in [2.24, 2.45) is 0 Å². The highest BCUT2D eigenvalue weighted by Gasteiger charge is 2.26. The van der Waals surface area contributed by atoms with Crippen LogP contribution in [0.15, 0.2) is 18.2 Å². The van der Waals surface area contributed by atoms with Crippen molar-refractivity contribution in [1.29, 1.82) is 5.26 Å². The maximum Gasteiger partial charge on any atom is 0.129 e. The topological polar surface area (TPSA) is 45.0 Å². The van der Waals surface area contributed by atoms with Gasteiger partial charge in [0.15, 0.2) is 0 Å². The molecule has 0 aromatic heterocycles. The lowest BCUT2D eigenvalue weighted by Gasteiger charge is -2.26. The summed E-state index contributed by atoms with van der Waals surface area (Å²) < 4.78 is 18.9. The van der Waals surface area contributed by atoms with Crippen LogP contribution in [0.5, 0.6) is 5.75 Å². The van der Waals surface area contributed by atoms with Crippen molar-refractivity contribution in [3.05, 3.63) is 29.6 Å².